The average molecular weight is 422 g/mol. The highest BCUT2D eigenvalue weighted by Crippen LogP contribution is 2.41. The summed E-state index contributed by atoms with van der Waals surface area (Å²) in [5, 5.41) is 0. The molecule has 0 saturated heterocycles. The molecule has 0 bridgehead atoms. The van der Waals surface area contributed by atoms with Gasteiger partial charge in [0.25, 0.3) is 0 Å². The van der Waals surface area contributed by atoms with Crippen LogP contribution in [0.5, 0.6) is 0 Å². The standard InChI is InChI=1S/C28H39NS/c1-7-9-10-11-12-23-16-24-17-25(13-14-30-6)29-19-27(20(3)4)21(5)15-28(29)26(24)18-22(23)8-2/h15-16,18-19,25H,3,5,7-14,17H2,1-2,4,6H3/t25-/m1/s1. The molecule has 0 spiro atoms. The van der Waals surface area contributed by atoms with Crippen LogP contribution in [0.25, 0.3) is 5.70 Å². The van der Waals surface area contributed by atoms with Gasteiger partial charge in [0.1, 0.15) is 0 Å². The maximum absolute atomic E-state index is 4.35. The number of rotatable bonds is 10. The van der Waals surface area contributed by atoms with Gasteiger partial charge in [0.2, 0.25) is 0 Å². The predicted octanol–water partition coefficient (Wildman–Crippen LogP) is 7.72. The molecular formula is C28H39NS. The Morgan fingerprint density at radius 2 is 1.97 bits per heavy atom. The van der Waals surface area contributed by atoms with Crippen LogP contribution in [0.3, 0.4) is 0 Å². The second kappa shape index (κ2) is 10.6. The van der Waals surface area contributed by atoms with Crippen LogP contribution in [0, 0.1) is 0 Å². The first-order chi connectivity index (χ1) is 14.5. The lowest BCUT2D eigenvalue weighted by atomic mass is 9.83. The van der Waals surface area contributed by atoms with Crippen molar-refractivity contribution in [2.75, 3.05) is 12.0 Å². The normalized spacial score (nSPS) is 17.9. The van der Waals surface area contributed by atoms with Crippen molar-refractivity contribution < 1.29 is 0 Å². The first kappa shape index (κ1) is 23.0. The summed E-state index contributed by atoms with van der Waals surface area (Å²) in [5.41, 5.74) is 10.8. The maximum Gasteiger partial charge on any atom is 0.0491 e. The molecule has 0 amide bonds. The van der Waals surface area contributed by atoms with E-state index >= 15 is 0 Å². The first-order valence-corrected chi connectivity index (χ1v) is 13.1. The van der Waals surface area contributed by atoms with Crippen molar-refractivity contribution in [2.24, 2.45) is 0 Å². The fourth-order valence-corrected chi connectivity index (χ4v) is 5.32. The van der Waals surface area contributed by atoms with E-state index in [0.717, 1.165) is 24.0 Å². The highest BCUT2D eigenvalue weighted by Gasteiger charge is 2.31. The van der Waals surface area contributed by atoms with E-state index in [1.165, 1.54) is 72.2 Å². The van der Waals surface area contributed by atoms with Gasteiger partial charge in [-0.15, -0.1) is 0 Å². The molecule has 1 nitrogen and oxygen atoms in total. The van der Waals surface area contributed by atoms with Gasteiger partial charge in [-0.3, -0.25) is 0 Å². The summed E-state index contributed by atoms with van der Waals surface area (Å²) in [5.74, 6) is 1.19. The number of unbranched alkanes of at least 4 members (excludes halogenated alkanes) is 3. The molecule has 30 heavy (non-hydrogen) atoms. The number of hydrogen-bond donors (Lipinski definition) is 0. The SMILES string of the molecule is C=C(C)C1=CN2C(=CC1=C)c1cc(CC)c(CCCCCC)cc1C[C@H]2CCSC. The van der Waals surface area contributed by atoms with E-state index in [0.29, 0.717) is 6.04 Å². The van der Waals surface area contributed by atoms with Gasteiger partial charge in [-0.1, -0.05) is 52.3 Å². The molecule has 2 aliphatic rings. The predicted molar refractivity (Wildman–Crippen MR) is 136 cm³/mol. The van der Waals surface area contributed by atoms with Crippen molar-refractivity contribution in [3.63, 3.8) is 0 Å². The number of nitrogens with zero attached hydrogens (tertiary/aromatic N) is 1. The third kappa shape index (κ3) is 4.97. The Balaban J connectivity index is 1.99. The van der Waals surface area contributed by atoms with E-state index in [1.54, 1.807) is 5.56 Å². The molecular weight excluding hydrogens is 382 g/mol. The number of allylic oxidation sites excluding steroid dienone is 4. The molecule has 0 aliphatic carbocycles. The first-order valence-electron chi connectivity index (χ1n) is 11.7. The van der Waals surface area contributed by atoms with Gasteiger partial charge in [0, 0.05) is 23.5 Å². The largest absolute Gasteiger partial charge is 0.343 e. The van der Waals surface area contributed by atoms with Crippen LogP contribution < -0.4 is 0 Å². The van der Waals surface area contributed by atoms with Crippen LogP contribution in [0.2, 0.25) is 0 Å². The molecule has 0 N–H and O–H groups in total. The summed E-state index contributed by atoms with van der Waals surface area (Å²) in [6.45, 7) is 15.2. The van der Waals surface area contributed by atoms with E-state index < -0.39 is 0 Å². The Hall–Kier alpha value is -1.67. The summed E-state index contributed by atoms with van der Waals surface area (Å²) in [6, 6.07) is 5.55. The molecule has 0 fully saturated rings. The topological polar surface area (TPSA) is 3.24 Å². The Labute approximate surface area is 189 Å². The minimum absolute atomic E-state index is 0.513. The van der Waals surface area contributed by atoms with E-state index in [2.05, 4.69) is 69.5 Å². The minimum Gasteiger partial charge on any atom is -0.343 e. The van der Waals surface area contributed by atoms with E-state index in [4.69, 9.17) is 0 Å². The zero-order valence-corrected chi connectivity index (χ0v) is 20.3. The number of hydrogen-bond acceptors (Lipinski definition) is 2. The summed E-state index contributed by atoms with van der Waals surface area (Å²) in [4.78, 5) is 2.53. The molecule has 2 aliphatic heterocycles. The zero-order chi connectivity index (χ0) is 21.7. The van der Waals surface area contributed by atoms with Gasteiger partial charge in [-0.25, -0.2) is 0 Å². The van der Waals surface area contributed by atoms with Gasteiger partial charge in [-0.2, -0.15) is 11.8 Å². The van der Waals surface area contributed by atoms with E-state index in [-0.39, 0.29) is 0 Å². The van der Waals surface area contributed by atoms with Gasteiger partial charge < -0.3 is 4.90 Å². The molecule has 2 heterocycles. The molecule has 0 unspecified atom stereocenters. The van der Waals surface area contributed by atoms with E-state index in [9.17, 15) is 0 Å². The average Bonchev–Trinajstić information content (AvgIpc) is 2.73. The zero-order valence-electron chi connectivity index (χ0n) is 19.5. The molecule has 1 atom stereocenters. The Bertz CT molecular complexity index is 858. The summed E-state index contributed by atoms with van der Waals surface area (Å²) in [7, 11) is 0. The second-order valence-corrected chi connectivity index (χ2v) is 9.85. The third-order valence-corrected chi connectivity index (χ3v) is 7.19. The summed E-state index contributed by atoms with van der Waals surface area (Å²) < 4.78 is 0. The molecule has 3 rings (SSSR count). The molecule has 0 radical (unpaired) electrons. The van der Waals surface area contributed by atoms with Gasteiger partial charge in [-0.05, 0) is 96.6 Å². The lowest BCUT2D eigenvalue weighted by molar-refractivity contribution is 0.354. The van der Waals surface area contributed by atoms with Crippen molar-refractivity contribution in [3.8, 4) is 0 Å². The number of thioether (sulfide) groups is 1. The lowest BCUT2D eigenvalue weighted by Gasteiger charge is -2.41. The Kier molecular flexibility index (Phi) is 8.11. The summed E-state index contributed by atoms with van der Waals surface area (Å²) in [6.07, 6.45) is 16.8. The van der Waals surface area contributed by atoms with Crippen LogP contribution in [-0.2, 0) is 19.3 Å². The van der Waals surface area contributed by atoms with Crippen molar-refractivity contribution in [3.05, 3.63) is 76.5 Å². The van der Waals surface area contributed by atoms with Gasteiger partial charge in [0.15, 0.2) is 0 Å². The van der Waals surface area contributed by atoms with Crippen LogP contribution in [0.1, 0.15) is 75.1 Å². The van der Waals surface area contributed by atoms with Crippen LogP contribution in [-0.4, -0.2) is 23.0 Å². The van der Waals surface area contributed by atoms with Gasteiger partial charge in [0.05, 0.1) is 0 Å². The molecule has 0 aromatic heterocycles. The fourth-order valence-electron chi connectivity index (χ4n) is 4.81. The van der Waals surface area contributed by atoms with Crippen molar-refractivity contribution in [1.82, 2.24) is 4.90 Å². The third-order valence-electron chi connectivity index (χ3n) is 6.55. The van der Waals surface area contributed by atoms with Crippen LogP contribution in [0.15, 0.2) is 54.3 Å². The smallest absolute Gasteiger partial charge is 0.0491 e. The number of fused-ring (bicyclic) bond motifs is 3. The highest BCUT2D eigenvalue weighted by atomic mass is 32.2. The molecule has 2 heteroatoms. The Morgan fingerprint density at radius 1 is 1.17 bits per heavy atom. The second-order valence-electron chi connectivity index (χ2n) is 8.87. The monoisotopic (exact) mass is 421 g/mol. The molecule has 1 aromatic carbocycles. The highest BCUT2D eigenvalue weighted by molar-refractivity contribution is 7.98. The van der Waals surface area contributed by atoms with Crippen LogP contribution >= 0.6 is 11.8 Å². The van der Waals surface area contributed by atoms with Crippen molar-refractivity contribution in [2.45, 2.75) is 78.2 Å². The number of aryl methyl sites for hydroxylation is 2. The van der Waals surface area contributed by atoms with Crippen molar-refractivity contribution in [1.29, 1.82) is 0 Å². The lowest BCUT2D eigenvalue weighted by Crippen LogP contribution is -2.38. The molecule has 1 aromatic rings. The maximum atomic E-state index is 4.35. The summed E-state index contributed by atoms with van der Waals surface area (Å²) >= 11 is 1.95. The van der Waals surface area contributed by atoms with Crippen LogP contribution in [0.4, 0.5) is 0 Å². The quantitative estimate of drug-likeness (QED) is 0.356. The minimum atomic E-state index is 0.513. The molecule has 0 saturated carbocycles. The Morgan fingerprint density at radius 3 is 2.63 bits per heavy atom. The molecule has 162 valence electrons. The van der Waals surface area contributed by atoms with E-state index in [1.807, 2.05) is 11.8 Å². The number of benzene rings is 1. The fraction of sp³-hybridized carbons (Fsp3) is 0.500. The van der Waals surface area contributed by atoms with Gasteiger partial charge >= 0.3 is 0 Å². The van der Waals surface area contributed by atoms with Crippen molar-refractivity contribution >= 4 is 17.5 Å².